The minimum absolute atomic E-state index is 0.238. The first-order chi connectivity index (χ1) is 9.54. The average Bonchev–Trinajstić information content (AvgIpc) is 2.86. The molecule has 1 aliphatic heterocycles. The molecule has 1 aliphatic rings. The number of benzene rings is 1. The number of alkyl halides is 3. The van der Waals surface area contributed by atoms with E-state index in [0.717, 1.165) is 12.5 Å². The molecule has 0 saturated carbocycles. The Morgan fingerprint density at radius 3 is 2.75 bits per heavy atom. The highest BCUT2D eigenvalue weighted by Crippen LogP contribution is 2.36. The Balaban J connectivity index is 2.18. The summed E-state index contributed by atoms with van der Waals surface area (Å²) in [5, 5.41) is 2.97. The second-order valence-corrected chi connectivity index (χ2v) is 4.55. The number of nitrogens with zero attached hydrogens (tertiary/aromatic N) is 1. The normalized spacial score (nSPS) is 18.4. The Morgan fingerprint density at radius 1 is 1.30 bits per heavy atom. The Morgan fingerprint density at radius 2 is 2.05 bits per heavy atom. The molecule has 0 amide bonds. The molecule has 110 valence electrons. The van der Waals surface area contributed by atoms with Crippen molar-refractivity contribution in [2.24, 2.45) is 0 Å². The van der Waals surface area contributed by atoms with Crippen molar-refractivity contribution in [3.63, 3.8) is 0 Å². The molecular weight excluding hydrogens is 269 g/mol. The average molecular weight is 286 g/mol. The lowest BCUT2D eigenvalue weighted by molar-refractivity contribution is -0.138. The maximum atomic E-state index is 13.0. The van der Waals surface area contributed by atoms with Gasteiger partial charge in [0.1, 0.15) is 6.17 Å². The maximum absolute atomic E-state index is 13.0. The molecule has 1 aromatic rings. The predicted octanol–water partition coefficient (Wildman–Crippen LogP) is 3.12. The lowest BCUT2D eigenvalue weighted by Gasteiger charge is -2.28. The first kappa shape index (κ1) is 14.7. The van der Waals surface area contributed by atoms with Crippen LogP contribution in [-0.2, 0) is 10.9 Å². The lowest BCUT2D eigenvalue weighted by Crippen LogP contribution is -2.30. The van der Waals surface area contributed by atoms with Crippen molar-refractivity contribution in [1.82, 2.24) is 10.2 Å². The van der Waals surface area contributed by atoms with E-state index in [4.69, 9.17) is 4.74 Å². The molecule has 6 heteroatoms. The summed E-state index contributed by atoms with van der Waals surface area (Å²) >= 11 is 0. The third kappa shape index (κ3) is 3.25. The van der Waals surface area contributed by atoms with Gasteiger partial charge in [-0.3, -0.25) is 0 Å². The van der Waals surface area contributed by atoms with E-state index in [-0.39, 0.29) is 5.56 Å². The van der Waals surface area contributed by atoms with E-state index in [9.17, 15) is 13.2 Å². The highest BCUT2D eigenvalue weighted by Gasteiger charge is 2.36. The summed E-state index contributed by atoms with van der Waals surface area (Å²) in [4.78, 5) is 1.85. The SMILES string of the molecule is COCCCN1C=CNC1c1ccccc1C(F)(F)F. The van der Waals surface area contributed by atoms with Gasteiger partial charge in [-0.25, -0.2) is 0 Å². The smallest absolute Gasteiger partial charge is 0.385 e. The van der Waals surface area contributed by atoms with Crippen molar-refractivity contribution >= 4 is 0 Å². The fourth-order valence-electron chi connectivity index (χ4n) is 2.27. The number of ether oxygens (including phenoxy) is 1. The van der Waals surface area contributed by atoms with Crippen LogP contribution in [0.5, 0.6) is 0 Å². The van der Waals surface area contributed by atoms with Crippen molar-refractivity contribution in [2.45, 2.75) is 18.8 Å². The van der Waals surface area contributed by atoms with Gasteiger partial charge in [-0.05, 0) is 12.5 Å². The van der Waals surface area contributed by atoms with Gasteiger partial charge in [0.15, 0.2) is 0 Å². The molecule has 1 atom stereocenters. The van der Waals surface area contributed by atoms with Crippen molar-refractivity contribution in [1.29, 1.82) is 0 Å². The minimum Gasteiger partial charge on any atom is -0.385 e. The van der Waals surface area contributed by atoms with Gasteiger partial charge in [0.2, 0.25) is 0 Å². The van der Waals surface area contributed by atoms with Gasteiger partial charge in [0, 0.05) is 38.2 Å². The molecule has 0 bridgehead atoms. The zero-order valence-corrected chi connectivity index (χ0v) is 11.2. The van der Waals surface area contributed by atoms with E-state index in [2.05, 4.69) is 5.32 Å². The molecule has 1 aromatic carbocycles. The summed E-state index contributed by atoms with van der Waals surface area (Å²) < 4.78 is 44.1. The topological polar surface area (TPSA) is 24.5 Å². The van der Waals surface area contributed by atoms with Crippen molar-refractivity contribution in [3.05, 3.63) is 47.8 Å². The van der Waals surface area contributed by atoms with Crippen LogP contribution >= 0.6 is 0 Å². The molecule has 1 N–H and O–H groups in total. The highest BCUT2D eigenvalue weighted by atomic mass is 19.4. The van der Waals surface area contributed by atoms with Crippen LogP contribution in [0.25, 0.3) is 0 Å². The number of methoxy groups -OCH3 is 1. The monoisotopic (exact) mass is 286 g/mol. The molecule has 1 unspecified atom stereocenters. The van der Waals surface area contributed by atoms with E-state index >= 15 is 0 Å². The molecule has 3 nitrogen and oxygen atoms in total. The second-order valence-electron chi connectivity index (χ2n) is 4.55. The van der Waals surface area contributed by atoms with Crippen LogP contribution in [0.15, 0.2) is 36.7 Å². The third-order valence-electron chi connectivity index (χ3n) is 3.18. The van der Waals surface area contributed by atoms with Crippen LogP contribution in [-0.4, -0.2) is 25.2 Å². The first-order valence-corrected chi connectivity index (χ1v) is 6.37. The number of rotatable bonds is 5. The van der Waals surface area contributed by atoms with Gasteiger partial charge < -0.3 is 15.0 Å². The third-order valence-corrected chi connectivity index (χ3v) is 3.18. The van der Waals surface area contributed by atoms with E-state index in [0.29, 0.717) is 13.2 Å². The van der Waals surface area contributed by atoms with Gasteiger partial charge in [0.05, 0.1) is 5.56 Å². The van der Waals surface area contributed by atoms with Crippen LogP contribution in [0, 0.1) is 0 Å². The van der Waals surface area contributed by atoms with Crippen LogP contribution < -0.4 is 5.32 Å². The van der Waals surface area contributed by atoms with Gasteiger partial charge in [0.25, 0.3) is 0 Å². The molecule has 0 aliphatic carbocycles. The predicted molar refractivity (Wildman–Crippen MR) is 69.7 cm³/mol. The summed E-state index contributed by atoms with van der Waals surface area (Å²) in [6, 6.07) is 5.65. The molecule has 1 heterocycles. The number of nitrogens with one attached hydrogen (secondary N) is 1. The number of hydrogen-bond donors (Lipinski definition) is 1. The van der Waals surface area contributed by atoms with Gasteiger partial charge in [-0.1, -0.05) is 18.2 Å². The van der Waals surface area contributed by atoms with Gasteiger partial charge in [-0.2, -0.15) is 13.2 Å². The van der Waals surface area contributed by atoms with Crippen LogP contribution in [0.2, 0.25) is 0 Å². The number of halogens is 3. The molecule has 2 rings (SSSR count). The summed E-state index contributed by atoms with van der Waals surface area (Å²) in [5.74, 6) is 0. The van der Waals surface area contributed by atoms with E-state index in [1.165, 1.54) is 12.1 Å². The minimum atomic E-state index is -4.35. The molecule has 0 spiro atoms. The fourth-order valence-corrected chi connectivity index (χ4v) is 2.27. The number of hydrogen-bond acceptors (Lipinski definition) is 3. The molecule has 0 radical (unpaired) electrons. The Hall–Kier alpha value is -1.69. The zero-order valence-electron chi connectivity index (χ0n) is 11.2. The van der Waals surface area contributed by atoms with Crippen LogP contribution in [0.4, 0.5) is 13.2 Å². The summed E-state index contributed by atoms with van der Waals surface area (Å²) in [6.45, 7) is 1.21. The van der Waals surface area contributed by atoms with E-state index < -0.39 is 17.9 Å². The largest absolute Gasteiger partial charge is 0.416 e. The van der Waals surface area contributed by atoms with Crippen molar-refractivity contribution in [2.75, 3.05) is 20.3 Å². The Kier molecular flexibility index (Phi) is 4.54. The maximum Gasteiger partial charge on any atom is 0.416 e. The summed E-state index contributed by atoms with van der Waals surface area (Å²) in [7, 11) is 1.61. The van der Waals surface area contributed by atoms with Gasteiger partial charge in [-0.15, -0.1) is 0 Å². The molecule has 0 saturated heterocycles. The summed E-state index contributed by atoms with van der Waals surface area (Å²) in [5.41, 5.74) is -0.361. The molecule has 20 heavy (non-hydrogen) atoms. The lowest BCUT2D eigenvalue weighted by atomic mass is 10.0. The van der Waals surface area contributed by atoms with Crippen molar-refractivity contribution < 1.29 is 17.9 Å². The zero-order chi connectivity index (χ0) is 14.6. The second kappa shape index (κ2) is 6.17. The highest BCUT2D eigenvalue weighted by molar-refractivity contribution is 5.33. The van der Waals surface area contributed by atoms with Crippen LogP contribution in [0.1, 0.15) is 23.7 Å². The molecule has 0 aromatic heterocycles. The van der Waals surface area contributed by atoms with Gasteiger partial charge >= 0.3 is 6.18 Å². The standard InChI is InChI=1S/C14H17F3N2O/c1-20-10-4-8-19-9-7-18-13(19)11-5-2-3-6-12(11)14(15,16)17/h2-3,5-7,9,13,18H,4,8,10H2,1H3. The van der Waals surface area contributed by atoms with Crippen molar-refractivity contribution in [3.8, 4) is 0 Å². The first-order valence-electron chi connectivity index (χ1n) is 6.37. The summed E-state index contributed by atoms with van der Waals surface area (Å²) in [6.07, 6.45) is -0.630. The quantitative estimate of drug-likeness (QED) is 0.842. The molecular formula is C14H17F3N2O. The van der Waals surface area contributed by atoms with E-state index in [1.54, 1.807) is 25.6 Å². The van der Waals surface area contributed by atoms with Crippen LogP contribution in [0.3, 0.4) is 0 Å². The van der Waals surface area contributed by atoms with E-state index in [1.807, 2.05) is 4.90 Å². The fraction of sp³-hybridized carbons (Fsp3) is 0.429. The molecule has 0 fully saturated rings. The Bertz CT molecular complexity index is 474. The Labute approximate surface area is 116 Å².